The number of anilines is 1. The number of nitrogens with two attached hydrogens (primary N) is 1. The molecule has 1 heterocycles. The summed E-state index contributed by atoms with van der Waals surface area (Å²) in [4.78, 5) is 4.10. The smallest absolute Gasteiger partial charge is 0.192 e. The zero-order valence-electron chi connectivity index (χ0n) is 14.5. The maximum absolute atomic E-state index is 14.4. The van der Waals surface area contributed by atoms with Crippen LogP contribution < -0.4 is 5.73 Å². The van der Waals surface area contributed by atoms with Gasteiger partial charge in [-0.3, -0.25) is 0 Å². The Bertz CT molecular complexity index is 678. The van der Waals surface area contributed by atoms with Crippen molar-refractivity contribution in [2.45, 2.75) is 45.5 Å². The van der Waals surface area contributed by atoms with E-state index >= 15 is 0 Å². The Morgan fingerprint density at radius 3 is 2.43 bits per heavy atom. The molecule has 0 aliphatic rings. The Morgan fingerprint density at radius 2 is 1.87 bits per heavy atom. The number of hydrogen-bond donors (Lipinski definition) is 1. The molecule has 2 rings (SSSR count). The molecule has 3 nitrogen and oxygen atoms in total. The van der Waals surface area contributed by atoms with Crippen molar-refractivity contribution in [2.24, 2.45) is 0 Å². The lowest BCUT2D eigenvalue weighted by molar-refractivity contribution is 0.271. The van der Waals surface area contributed by atoms with Crippen LogP contribution >= 0.6 is 0 Å². The molecule has 0 radical (unpaired) electrons. The zero-order chi connectivity index (χ0) is 17.3. The monoisotopic (exact) mass is 332 g/mol. The number of rotatable bonds is 4. The third-order valence-corrected chi connectivity index (χ3v) is 9.08. The predicted octanol–water partition coefficient (Wildman–Crippen LogP) is 4.99. The minimum absolute atomic E-state index is 0.0845. The molecule has 0 atom stereocenters. The SMILES string of the molecule is CC(C)(C)[Si](C)(C)OCc1c(F)cccc1-c1ccc(N)nc1. The van der Waals surface area contributed by atoms with Crippen molar-refractivity contribution in [1.29, 1.82) is 0 Å². The highest BCUT2D eigenvalue weighted by molar-refractivity contribution is 6.74. The molecule has 1 aromatic heterocycles. The molecule has 0 fully saturated rings. The number of nitrogen functional groups attached to an aromatic ring is 1. The van der Waals surface area contributed by atoms with Crippen molar-refractivity contribution in [3.05, 3.63) is 47.9 Å². The fourth-order valence-electron chi connectivity index (χ4n) is 2.01. The highest BCUT2D eigenvalue weighted by Crippen LogP contribution is 2.38. The van der Waals surface area contributed by atoms with Gasteiger partial charge in [0.05, 0.1) is 6.61 Å². The van der Waals surface area contributed by atoms with Gasteiger partial charge in [0.2, 0.25) is 0 Å². The van der Waals surface area contributed by atoms with Crippen molar-refractivity contribution in [2.75, 3.05) is 5.73 Å². The van der Waals surface area contributed by atoms with E-state index < -0.39 is 8.32 Å². The normalized spacial score (nSPS) is 12.4. The Balaban J connectivity index is 2.34. The van der Waals surface area contributed by atoms with Gasteiger partial charge in [-0.1, -0.05) is 32.9 Å². The van der Waals surface area contributed by atoms with Crippen molar-refractivity contribution in [3.63, 3.8) is 0 Å². The quantitative estimate of drug-likeness (QED) is 0.802. The van der Waals surface area contributed by atoms with Crippen LogP contribution in [0.4, 0.5) is 10.2 Å². The summed E-state index contributed by atoms with van der Waals surface area (Å²) >= 11 is 0. The Hall–Kier alpha value is -1.72. The van der Waals surface area contributed by atoms with Crippen LogP contribution in [0.5, 0.6) is 0 Å². The molecule has 0 aliphatic heterocycles. The van der Waals surface area contributed by atoms with Crippen LogP contribution in [0.15, 0.2) is 36.5 Å². The lowest BCUT2D eigenvalue weighted by Gasteiger charge is -2.36. The summed E-state index contributed by atoms with van der Waals surface area (Å²) in [5.74, 6) is 0.197. The third-order valence-electron chi connectivity index (χ3n) is 4.60. The molecule has 23 heavy (non-hydrogen) atoms. The standard InChI is InChI=1S/C18H25FN2OSi/c1-18(2,3)23(4,5)22-12-15-14(7-6-8-16(15)19)13-9-10-17(20)21-11-13/h6-11H,12H2,1-5H3,(H2,20,21). The highest BCUT2D eigenvalue weighted by atomic mass is 28.4. The molecular weight excluding hydrogens is 307 g/mol. The zero-order valence-corrected chi connectivity index (χ0v) is 15.5. The predicted molar refractivity (Wildman–Crippen MR) is 96.0 cm³/mol. The first kappa shape index (κ1) is 17.6. The minimum atomic E-state index is -1.95. The van der Waals surface area contributed by atoms with Gasteiger partial charge in [-0.15, -0.1) is 0 Å². The summed E-state index contributed by atoms with van der Waals surface area (Å²) in [5, 5.41) is 0.0845. The summed E-state index contributed by atoms with van der Waals surface area (Å²) in [7, 11) is -1.95. The molecule has 1 aromatic carbocycles. The van der Waals surface area contributed by atoms with Gasteiger partial charge in [-0.05, 0) is 41.9 Å². The second-order valence-electron chi connectivity index (χ2n) is 7.29. The summed E-state index contributed by atoms with van der Waals surface area (Å²) in [6.07, 6.45) is 1.67. The molecule has 0 unspecified atom stereocenters. The van der Waals surface area contributed by atoms with Crippen LogP contribution in [0.3, 0.4) is 0 Å². The van der Waals surface area contributed by atoms with Gasteiger partial charge >= 0.3 is 0 Å². The molecule has 0 saturated carbocycles. The first-order valence-electron chi connectivity index (χ1n) is 7.75. The van der Waals surface area contributed by atoms with Gasteiger partial charge < -0.3 is 10.2 Å². The number of halogens is 1. The van der Waals surface area contributed by atoms with Crippen molar-refractivity contribution in [1.82, 2.24) is 4.98 Å². The van der Waals surface area contributed by atoms with Crippen molar-refractivity contribution < 1.29 is 8.82 Å². The Labute approximate surface area is 138 Å². The largest absolute Gasteiger partial charge is 0.412 e. The third kappa shape index (κ3) is 3.98. The average molecular weight is 332 g/mol. The minimum Gasteiger partial charge on any atom is -0.412 e. The molecule has 5 heteroatoms. The number of pyridine rings is 1. The van der Waals surface area contributed by atoms with E-state index in [9.17, 15) is 4.39 Å². The van der Waals surface area contributed by atoms with Crippen LogP contribution in [0, 0.1) is 5.82 Å². The van der Waals surface area contributed by atoms with E-state index in [1.807, 2.05) is 12.1 Å². The maximum atomic E-state index is 14.4. The van der Waals surface area contributed by atoms with E-state index in [0.29, 0.717) is 11.4 Å². The molecule has 0 spiro atoms. The molecular formula is C18H25FN2OSi. The van der Waals surface area contributed by atoms with Gasteiger partial charge in [-0.2, -0.15) is 0 Å². The summed E-state index contributed by atoms with van der Waals surface area (Å²) < 4.78 is 20.6. The molecule has 2 N–H and O–H groups in total. The van der Waals surface area contributed by atoms with E-state index in [0.717, 1.165) is 11.1 Å². The maximum Gasteiger partial charge on any atom is 0.192 e. The van der Waals surface area contributed by atoms with Crippen LogP contribution in [0.25, 0.3) is 11.1 Å². The fraction of sp³-hybridized carbons (Fsp3) is 0.389. The fourth-order valence-corrected chi connectivity index (χ4v) is 2.95. The molecule has 0 aliphatic carbocycles. The van der Waals surface area contributed by atoms with E-state index in [2.05, 4.69) is 38.8 Å². The highest BCUT2D eigenvalue weighted by Gasteiger charge is 2.37. The molecule has 0 bridgehead atoms. The lowest BCUT2D eigenvalue weighted by atomic mass is 10.0. The topological polar surface area (TPSA) is 48.1 Å². The van der Waals surface area contributed by atoms with Crippen LogP contribution in [0.2, 0.25) is 18.1 Å². The van der Waals surface area contributed by atoms with Crippen LogP contribution in [0.1, 0.15) is 26.3 Å². The van der Waals surface area contributed by atoms with Crippen LogP contribution in [-0.4, -0.2) is 13.3 Å². The molecule has 124 valence electrons. The first-order valence-corrected chi connectivity index (χ1v) is 10.7. The van der Waals surface area contributed by atoms with Gasteiger partial charge in [0.25, 0.3) is 0 Å². The second kappa shape index (κ2) is 6.41. The molecule has 2 aromatic rings. The summed E-state index contributed by atoms with van der Waals surface area (Å²) in [6.45, 7) is 11.1. The van der Waals surface area contributed by atoms with E-state index in [1.54, 1.807) is 18.3 Å². The van der Waals surface area contributed by atoms with E-state index in [1.165, 1.54) is 6.07 Å². The Kier molecular flexibility index (Phi) is 4.92. The van der Waals surface area contributed by atoms with Gasteiger partial charge in [0.1, 0.15) is 11.6 Å². The summed E-state index contributed by atoms with van der Waals surface area (Å²) in [6, 6.07) is 8.64. The van der Waals surface area contributed by atoms with Crippen molar-refractivity contribution >= 4 is 14.1 Å². The number of aromatic nitrogens is 1. The summed E-state index contributed by atoms with van der Waals surface area (Å²) in [5.41, 5.74) is 7.85. The Morgan fingerprint density at radius 1 is 1.17 bits per heavy atom. The van der Waals surface area contributed by atoms with Crippen molar-refractivity contribution in [3.8, 4) is 11.1 Å². The first-order chi connectivity index (χ1) is 10.6. The van der Waals surface area contributed by atoms with E-state index in [4.69, 9.17) is 10.2 Å². The van der Waals surface area contributed by atoms with E-state index in [-0.39, 0.29) is 17.5 Å². The lowest BCUT2D eigenvalue weighted by Crippen LogP contribution is -2.40. The molecule has 0 saturated heterocycles. The van der Waals surface area contributed by atoms with Crippen LogP contribution in [-0.2, 0) is 11.0 Å². The molecule has 0 amide bonds. The number of nitrogens with zero attached hydrogens (tertiary/aromatic N) is 1. The van der Waals surface area contributed by atoms with Gasteiger partial charge in [-0.25, -0.2) is 9.37 Å². The van der Waals surface area contributed by atoms with Gasteiger partial charge in [0.15, 0.2) is 8.32 Å². The van der Waals surface area contributed by atoms with Gasteiger partial charge in [0, 0.05) is 17.3 Å². The average Bonchev–Trinajstić information content (AvgIpc) is 2.45. The number of hydrogen-bond acceptors (Lipinski definition) is 3. The number of benzene rings is 1. The second-order valence-corrected chi connectivity index (χ2v) is 12.1.